The first-order chi connectivity index (χ1) is 12.1. The van der Waals surface area contributed by atoms with E-state index in [-0.39, 0.29) is 23.7 Å². The van der Waals surface area contributed by atoms with Crippen molar-refractivity contribution in [2.75, 3.05) is 19.6 Å². The lowest BCUT2D eigenvalue weighted by Crippen LogP contribution is -2.41. The van der Waals surface area contributed by atoms with Crippen molar-refractivity contribution >= 4 is 11.8 Å². The molecule has 138 valence electrons. The van der Waals surface area contributed by atoms with E-state index in [1.807, 2.05) is 48.8 Å². The predicted octanol–water partition coefficient (Wildman–Crippen LogP) is 3.71. The first-order valence-corrected chi connectivity index (χ1v) is 9.72. The summed E-state index contributed by atoms with van der Waals surface area (Å²) in [5.74, 6) is 0.699. The maximum absolute atomic E-state index is 12.9. The van der Waals surface area contributed by atoms with Crippen LogP contribution in [0.2, 0.25) is 0 Å². The minimum absolute atomic E-state index is 0.0735. The lowest BCUT2D eigenvalue weighted by molar-refractivity contribution is -0.141. The van der Waals surface area contributed by atoms with E-state index in [2.05, 4.69) is 12.1 Å². The second-order valence-electron chi connectivity index (χ2n) is 6.90. The van der Waals surface area contributed by atoms with Crippen molar-refractivity contribution in [1.29, 1.82) is 0 Å². The highest BCUT2D eigenvalue weighted by Crippen LogP contribution is 2.31. The van der Waals surface area contributed by atoms with Crippen molar-refractivity contribution in [3.63, 3.8) is 0 Å². The van der Waals surface area contributed by atoms with Gasteiger partial charge in [0.2, 0.25) is 11.8 Å². The molecule has 0 aliphatic heterocycles. The van der Waals surface area contributed by atoms with Crippen LogP contribution in [-0.2, 0) is 16.1 Å². The third-order valence-electron chi connectivity index (χ3n) is 5.41. The molecule has 1 aliphatic rings. The molecule has 0 atom stereocenters. The summed E-state index contributed by atoms with van der Waals surface area (Å²) in [7, 11) is 0. The van der Waals surface area contributed by atoms with Gasteiger partial charge in [-0.3, -0.25) is 9.59 Å². The van der Waals surface area contributed by atoms with E-state index in [9.17, 15) is 9.59 Å². The first kappa shape index (κ1) is 19.5. The molecule has 0 heterocycles. The molecular formula is C21H32N2O2. The number of nitrogens with zero attached hydrogens (tertiary/aromatic N) is 2. The van der Waals surface area contributed by atoms with E-state index in [0.717, 1.165) is 45.3 Å². The van der Waals surface area contributed by atoms with Gasteiger partial charge in [0.15, 0.2) is 0 Å². The Morgan fingerprint density at radius 1 is 0.800 bits per heavy atom. The minimum Gasteiger partial charge on any atom is -0.343 e. The Labute approximate surface area is 152 Å². The molecule has 0 saturated heterocycles. The summed E-state index contributed by atoms with van der Waals surface area (Å²) in [5, 5.41) is 0. The van der Waals surface area contributed by atoms with Gasteiger partial charge in [-0.25, -0.2) is 0 Å². The van der Waals surface area contributed by atoms with Gasteiger partial charge in [-0.1, -0.05) is 30.3 Å². The van der Waals surface area contributed by atoms with Gasteiger partial charge >= 0.3 is 0 Å². The third kappa shape index (κ3) is 5.07. The van der Waals surface area contributed by atoms with Crippen molar-refractivity contribution < 1.29 is 9.59 Å². The summed E-state index contributed by atoms with van der Waals surface area (Å²) in [6.45, 7) is 9.04. The van der Waals surface area contributed by atoms with Crippen molar-refractivity contribution in [3.8, 4) is 0 Å². The number of hydrogen-bond donors (Lipinski definition) is 0. The van der Waals surface area contributed by atoms with E-state index < -0.39 is 0 Å². The van der Waals surface area contributed by atoms with Crippen molar-refractivity contribution in [2.24, 2.45) is 11.8 Å². The zero-order chi connectivity index (χ0) is 18.2. The number of benzene rings is 1. The molecule has 1 aliphatic carbocycles. The second-order valence-corrected chi connectivity index (χ2v) is 6.90. The van der Waals surface area contributed by atoms with Crippen LogP contribution in [0, 0.1) is 11.8 Å². The van der Waals surface area contributed by atoms with Crippen LogP contribution < -0.4 is 0 Å². The summed E-state index contributed by atoms with van der Waals surface area (Å²) >= 11 is 0. The summed E-state index contributed by atoms with van der Waals surface area (Å²) in [6, 6.07) is 10.1. The van der Waals surface area contributed by atoms with Crippen LogP contribution in [0.5, 0.6) is 0 Å². The molecular weight excluding hydrogens is 312 g/mol. The highest BCUT2D eigenvalue weighted by atomic mass is 16.2. The molecule has 1 aromatic rings. The number of amides is 2. The van der Waals surface area contributed by atoms with Crippen LogP contribution >= 0.6 is 0 Å². The van der Waals surface area contributed by atoms with Gasteiger partial charge in [0, 0.05) is 38.0 Å². The quantitative estimate of drug-likeness (QED) is 0.756. The van der Waals surface area contributed by atoms with Crippen molar-refractivity contribution in [1.82, 2.24) is 9.80 Å². The van der Waals surface area contributed by atoms with Crippen LogP contribution in [0.25, 0.3) is 0 Å². The molecule has 4 nitrogen and oxygen atoms in total. The van der Waals surface area contributed by atoms with Crippen LogP contribution in [-0.4, -0.2) is 41.2 Å². The SMILES string of the molecule is CCN(CC)C(=O)C1CCC(C(=O)N(CC)Cc2ccccc2)CC1. The van der Waals surface area contributed by atoms with Gasteiger partial charge < -0.3 is 9.80 Å². The summed E-state index contributed by atoms with van der Waals surface area (Å²) in [6.07, 6.45) is 3.35. The molecule has 1 saturated carbocycles. The molecule has 2 rings (SSSR count). The molecule has 4 heteroatoms. The Hall–Kier alpha value is -1.84. The summed E-state index contributed by atoms with van der Waals surface area (Å²) < 4.78 is 0. The van der Waals surface area contributed by atoms with E-state index in [4.69, 9.17) is 0 Å². The lowest BCUT2D eigenvalue weighted by Gasteiger charge is -2.33. The Balaban J connectivity index is 1.90. The Kier molecular flexibility index (Phi) is 7.48. The smallest absolute Gasteiger partial charge is 0.225 e. The van der Waals surface area contributed by atoms with Crippen molar-refractivity contribution in [3.05, 3.63) is 35.9 Å². The highest BCUT2D eigenvalue weighted by Gasteiger charge is 2.33. The maximum atomic E-state index is 12.9. The monoisotopic (exact) mass is 344 g/mol. The molecule has 1 aromatic carbocycles. The van der Waals surface area contributed by atoms with E-state index in [1.165, 1.54) is 5.56 Å². The van der Waals surface area contributed by atoms with Crippen molar-refractivity contribution in [2.45, 2.75) is 53.0 Å². The molecule has 0 bridgehead atoms. The topological polar surface area (TPSA) is 40.6 Å². The maximum Gasteiger partial charge on any atom is 0.225 e. The fourth-order valence-corrected chi connectivity index (χ4v) is 3.79. The molecule has 0 spiro atoms. The Morgan fingerprint density at radius 3 is 1.68 bits per heavy atom. The molecule has 0 aromatic heterocycles. The van der Waals surface area contributed by atoms with Crippen LogP contribution in [0.1, 0.15) is 52.0 Å². The number of carbonyl (C=O) groups excluding carboxylic acids is 2. The molecule has 0 unspecified atom stereocenters. The highest BCUT2D eigenvalue weighted by molar-refractivity contribution is 5.81. The minimum atomic E-state index is 0.0735. The van der Waals surface area contributed by atoms with Crippen LogP contribution in [0.15, 0.2) is 30.3 Å². The molecule has 2 amide bonds. The number of hydrogen-bond acceptors (Lipinski definition) is 2. The van der Waals surface area contributed by atoms with Gasteiger partial charge in [-0.05, 0) is 52.0 Å². The van der Waals surface area contributed by atoms with E-state index >= 15 is 0 Å². The Bertz CT molecular complexity index is 546. The number of carbonyl (C=O) groups is 2. The van der Waals surface area contributed by atoms with Crippen LogP contribution in [0.3, 0.4) is 0 Å². The molecule has 1 fully saturated rings. The molecule has 25 heavy (non-hydrogen) atoms. The lowest BCUT2D eigenvalue weighted by atomic mass is 9.80. The average molecular weight is 344 g/mol. The fourth-order valence-electron chi connectivity index (χ4n) is 3.79. The van der Waals surface area contributed by atoms with E-state index in [1.54, 1.807) is 0 Å². The van der Waals surface area contributed by atoms with Gasteiger partial charge in [-0.15, -0.1) is 0 Å². The fraction of sp³-hybridized carbons (Fsp3) is 0.619. The number of rotatable bonds is 7. The zero-order valence-corrected chi connectivity index (χ0v) is 15.9. The standard InChI is InChI=1S/C21H32N2O2/c1-4-22(5-2)20(24)18-12-14-19(15-13-18)21(25)23(6-3)16-17-10-8-7-9-11-17/h7-11,18-19H,4-6,12-16H2,1-3H3. The third-order valence-corrected chi connectivity index (χ3v) is 5.41. The van der Waals surface area contributed by atoms with Gasteiger partial charge in [-0.2, -0.15) is 0 Å². The second kappa shape index (κ2) is 9.59. The molecule has 0 radical (unpaired) electrons. The van der Waals surface area contributed by atoms with Gasteiger partial charge in [0.25, 0.3) is 0 Å². The summed E-state index contributed by atoms with van der Waals surface area (Å²) in [4.78, 5) is 29.3. The Morgan fingerprint density at radius 2 is 1.24 bits per heavy atom. The van der Waals surface area contributed by atoms with Crippen LogP contribution in [0.4, 0.5) is 0 Å². The predicted molar refractivity (Wildman–Crippen MR) is 101 cm³/mol. The largest absolute Gasteiger partial charge is 0.343 e. The normalized spacial score (nSPS) is 20.1. The first-order valence-electron chi connectivity index (χ1n) is 9.72. The zero-order valence-electron chi connectivity index (χ0n) is 15.9. The van der Waals surface area contributed by atoms with E-state index in [0.29, 0.717) is 6.54 Å². The average Bonchev–Trinajstić information content (AvgIpc) is 2.67. The van der Waals surface area contributed by atoms with Gasteiger partial charge in [0.1, 0.15) is 0 Å². The molecule has 0 N–H and O–H groups in total. The van der Waals surface area contributed by atoms with Gasteiger partial charge in [0.05, 0.1) is 0 Å². The summed E-state index contributed by atoms with van der Waals surface area (Å²) in [5.41, 5.74) is 1.17.